The zero-order chi connectivity index (χ0) is 19.5. The SMILES string of the molecule is CCNC(=NCC(O)c1cc(OC)ccc1OC)NCCc1ccccc1.I. The zero-order valence-electron chi connectivity index (χ0n) is 16.6. The molecule has 28 heavy (non-hydrogen) atoms. The molecule has 1 atom stereocenters. The average molecular weight is 499 g/mol. The van der Waals surface area contributed by atoms with Gasteiger partial charge in [0.05, 0.1) is 20.8 Å². The van der Waals surface area contributed by atoms with Gasteiger partial charge in [-0.25, -0.2) is 0 Å². The molecule has 0 heterocycles. The van der Waals surface area contributed by atoms with Crippen LogP contribution in [0.5, 0.6) is 11.5 Å². The Balaban J connectivity index is 0.00000392. The number of aliphatic imine (C=N–C) groups is 1. The molecule has 7 heteroatoms. The van der Waals surface area contributed by atoms with Gasteiger partial charge in [0.15, 0.2) is 5.96 Å². The van der Waals surface area contributed by atoms with Gasteiger partial charge in [-0.2, -0.15) is 0 Å². The van der Waals surface area contributed by atoms with Crippen LogP contribution < -0.4 is 20.1 Å². The van der Waals surface area contributed by atoms with Crippen molar-refractivity contribution in [3.63, 3.8) is 0 Å². The molecule has 0 fully saturated rings. The van der Waals surface area contributed by atoms with E-state index in [-0.39, 0.29) is 30.5 Å². The molecule has 1 unspecified atom stereocenters. The van der Waals surface area contributed by atoms with Gasteiger partial charge in [0.2, 0.25) is 0 Å². The second kappa shape index (κ2) is 13.2. The lowest BCUT2D eigenvalue weighted by Crippen LogP contribution is -2.38. The van der Waals surface area contributed by atoms with Crippen LogP contribution in [0.4, 0.5) is 0 Å². The van der Waals surface area contributed by atoms with Crippen LogP contribution in [0.2, 0.25) is 0 Å². The second-order valence-electron chi connectivity index (χ2n) is 6.01. The number of hydrogen-bond acceptors (Lipinski definition) is 4. The topological polar surface area (TPSA) is 75.1 Å². The Bertz CT molecular complexity index is 726. The summed E-state index contributed by atoms with van der Waals surface area (Å²) in [5.41, 5.74) is 1.92. The van der Waals surface area contributed by atoms with Gasteiger partial charge in [0.25, 0.3) is 0 Å². The fraction of sp³-hybridized carbons (Fsp3) is 0.381. The van der Waals surface area contributed by atoms with Gasteiger partial charge in [-0.15, -0.1) is 24.0 Å². The fourth-order valence-electron chi connectivity index (χ4n) is 2.69. The lowest BCUT2D eigenvalue weighted by atomic mass is 10.1. The molecule has 0 saturated heterocycles. The van der Waals surface area contributed by atoms with E-state index < -0.39 is 6.10 Å². The molecule has 3 N–H and O–H groups in total. The van der Waals surface area contributed by atoms with Crippen molar-refractivity contribution in [1.29, 1.82) is 0 Å². The number of nitrogens with zero attached hydrogens (tertiary/aromatic N) is 1. The van der Waals surface area contributed by atoms with Crippen LogP contribution in [0, 0.1) is 0 Å². The zero-order valence-corrected chi connectivity index (χ0v) is 19.0. The summed E-state index contributed by atoms with van der Waals surface area (Å²) in [6.07, 6.45) is 0.108. The van der Waals surface area contributed by atoms with Gasteiger partial charge >= 0.3 is 0 Å². The summed E-state index contributed by atoms with van der Waals surface area (Å²) in [6, 6.07) is 15.6. The monoisotopic (exact) mass is 499 g/mol. The van der Waals surface area contributed by atoms with Crippen LogP contribution in [0.3, 0.4) is 0 Å². The first-order chi connectivity index (χ1) is 13.2. The maximum atomic E-state index is 10.6. The van der Waals surface area contributed by atoms with Crippen molar-refractivity contribution in [2.45, 2.75) is 19.4 Å². The van der Waals surface area contributed by atoms with Crippen molar-refractivity contribution in [2.24, 2.45) is 4.99 Å². The van der Waals surface area contributed by atoms with Gasteiger partial charge in [-0.1, -0.05) is 30.3 Å². The quantitative estimate of drug-likeness (QED) is 0.281. The maximum Gasteiger partial charge on any atom is 0.191 e. The van der Waals surface area contributed by atoms with Crippen LogP contribution in [-0.2, 0) is 6.42 Å². The van der Waals surface area contributed by atoms with Crippen LogP contribution in [0.15, 0.2) is 53.5 Å². The van der Waals surface area contributed by atoms with Crippen molar-refractivity contribution in [3.8, 4) is 11.5 Å². The van der Waals surface area contributed by atoms with Crippen LogP contribution in [0.1, 0.15) is 24.2 Å². The summed E-state index contributed by atoms with van der Waals surface area (Å²) in [6.45, 7) is 3.73. The van der Waals surface area contributed by atoms with Crippen LogP contribution >= 0.6 is 24.0 Å². The number of aliphatic hydroxyl groups is 1. The number of hydrogen-bond donors (Lipinski definition) is 3. The second-order valence-corrected chi connectivity index (χ2v) is 6.01. The fourth-order valence-corrected chi connectivity index (χ4v) is 2.69. The van der Waals surface area contributed by atoms with Gasteiger partial charge in [-0.3, -0.25) is 4.99 Å². The first kappa shape index (κ1) is 24.0. The Morgan fingerprint density at radius 1 is 1.07 bits per heavy atom. The Hall–Kier alpha value is -2.00. The summed E-state index contributed by atoms with van der Waals surface area (Å²) in [5, 5.41) is 17.1. The Morgan fingerprint density at radius 2 is 1.82 bits per heavy atom. The molecular formula is C21H30IN3O3. The summed E-state index contributed by atoms with van der Waals surface area (Å²) in [5.74, 6) is 1.96. The minimum atomic E-state index is -0.792. The largest absolute Gasteiger partial charge is 0.497 e. The van der Waals surface area contributed by atoms with Crippen LogP contribution in [-0.4, -0.2) is 44.9 Å². The maximum absolute atomic E-state index is 10.6. The van der Waals surface area contributed by atoms with E-state index in [1.807, 2.05) is 25.1 Å². The number of guanidine groups is 1. The van der Waals surface area contributed by atoms with Crippen molar-refractivity contribution < 1.29 is 14.6 Å². The van der Waals surface area contributed by atoms with E-state index in [1.165, 1.54) is 5.56 Å². The number of benzene rings is 2. The Labute approximate surface area is 184 Å². The summed E-state index contributed by atoms with van der Waals surface area (Å²) in [4.78, 5) is 4.50. The van der Waals surface area contributed by atoms with Crippen LogP contribution in [0.25, 0.3) is 0 Å². The molecular weight excluding hydrogens is 469 g/mol. The molecule has 2 aromatic rings. The summed E-state index contributed by atoms with van der Waals surface area (Å²) < 4.78 is 10.6. The lowest BCUT2D eigenvalue weighted by Gasteiger charge is -2.16. The highest BCUT2D eigenvalue weighted by Crippen LogP contribution is 2.29. The molecule has 0 aliphatic carbocycles. The summed E-state index contributed by atoms with van der Waals surface area (Å²) in [7, 11) is 3.17. The van der Waals surface area contributed by atoms with E-state index in [9.17, 15) is 5.11 Å². The molecule has 2 aromatic carbocycles. The van der Waals surface area contributed by atoms with E-state index >= 15 is 0 Å². The van der Waals surface area contributed by atoms with Gasteiger partial charge in [-0.05, 0) is 37.1 Å². The molecule has 0 aromatic heterocycles. The van der Waals surface area contributed by atoms with Gasteiger partial charge in [0.1, 0.15) is 17.6 Å². The van der Waals surface area contributed by atoms with Gasteiger partial charge in [0, 0.05) is 18.7 Å². The molecule has 6 nitrogen and oxygen atoms in total. The first-order valence-corrected chi connectivity index (χ1v) is 9.14. The molecule has 0 aliphatic heterocycles. The molecule has 2 rings (SSSR count). The average Bonchev–Trinajstić information content (AvgIpc) is 2.72. The third-order valence-corrected chi connectivity index (χ3v) is 4.11. The molecule has 0 amide bonds. The highest BCUT2D eigenvalue weighted by atomic mass is 127. The molecule has 0 radical (unpaired) electrons. The normalized spacial score (nSPS) is 11.9. The molecule has 0 spiro atoms. The molecule has 0 aliphatic rings. The minimum Gasteiger partial charge on any atom is -0.497 e. The van der Waals surface area contributed by atoms with Gasteiger partial charge < -0.3 is 25.2 Å². The third kappa shape index (κ3) is 7.55. The van der Waals surface area contributed by atoms with E-state index in [0.717, 1.165) is 19.5 Å². The van der Waals surface area contributed by atoms with E-state index in [2.05, 4.69) is 27.8 Å². The molecule has 0 saturated carbocycles. The number of rotatable bonds is 9. The highest BCUT2D eigenvalue weighted by molar-refractivity contribution is 14.0. The number of halogens is 1. The number of aliphatic hydroxyl groups excluding tert-OH is 1. The van der Waals surface area contributed by atoms with Crippen molar-refractivity contribution in [2.75, 3.05) is 33.9 Å². The Morgan fingerprint density at radius 3 is 2.46 bits per heavy atom. The standard InChI is InChI=1S/C21H29N3O3.HI/c1-4-22-21(23-13-12-16-8-6-5-7-9-16)24-15-19(25)18-14-17(26-2)10-11-20(18)27-3;/h5-11,14,19,25H,4,12-13,15H2,1-3H3,(H2,22,23,24);1H. The summed E-state index contributed by atoms with van der Waals surface area (Å²) >= 11 is 0. The molecule has 0 bridgehead atoms. The number of methoxy groups -OCH3 is 2. The smallest absolute Gasteiger partial charge is 0.191 e. The highest BCUT2D eigenvalue weighted by Gasteiger charge is 2.14. The third-order valence-electron chi connectivity index (χ3n) is 4.11. The van der Waals surface area contributed by atoms with Crippen molar-refractivity contribution in [3.05, 3.63) is 59.7 Å². The van der Waals surface area contributed by atoms with E-state index in [0.29, 0.717) is 23.0 Å². The van der Waals surface area contributed by atoms with Crippen molar-refractivity contribution >= 4 is 29.9 Å². The number of nitrogens with one attached hydrogen (secondary N) is 2. The predicted octanol–water partition coefficient (Wildman–Crippen LogP) is 3.15. The number of ether oxygens (including phenoxy) is 2. The predicted molar refractivity (Wildman–Crippen MR) is 124 cm³/mol. The minimum absolute atomic E-state index is 0. The lowest BCUT2D eigenvalue weighted by molar-refractivity contribution is 0.182. The van der Waals surface area contributed by atoms with E-state index in [4.69, 9.17) is 9.47 Å². The first-order valence-electron chi connectivity index (χ1n) is 9.14. The molecule has 154 valence electrons. The van der Waals surface area contributed by atoms with E-state index in [1.54, 1.807) is 32.4 Å². The Kier molecular flexibility index (Phi) is 11.4. The van der Waals surface area contributed by atoms with Crippen molar-refractivity contribution in [1.82, 2.24) is 10.6 Å².